The largest absolute Gasteiger partial charge is 0.481 e. The molecule has 1 atom stereocenters. The fourth-order valence-electron chi connectivity index (χ4n) is 1.44. The maximum atomic E-state index is 10.6. The first-order valence-electron chi connectivity index (χ1n) is 5.67. The molecule has 94 valence electrons. The smallest absolute Gasteiger partial charge is 0.304 e. The monoisotopic (exact) mass is 255 g/mol. The highest BCUT2D eigenvalue weighted by atomic mass is 32.2. The van der Waals surface area contributed by atoms with Crippen molar-refractivity contribution in [1.82, 2.24) is 15.2 Å². The van der Waals surface area contributed by atoms with Crippen molar-refractivity contribution in [1.29, 1.82) is 0 Å². The van der Waals surface area contributed by atoms with Crippen LogP contribution in [0.1, 0.15) is 38.6 Å². The van der Waals surface area contributed by atoms with Crippen molar-refractivity contribution in [3.8, 4) is 0 Å². The molecule has 6 heteroatoms. The zero-order chi connectivity index (χ0) is 12.8. The van der Waals surface area contributed by atoms with Crippen molar-refractivity contribution in [2.45, 2.75) is 50.4 Å². The van der Waals surface area contributed by atoms with Crippen molar-refractivity contribution < 1.29 is 9.90 Å². The maximum absolute atomic E-state index is 10.6. The van der Waals surface area contributed by atoms with Crippen LogP contribution < -0.4 is 0 Å². The Morgan fingerprint density at radius 3 is 2.47 bits per heavy atom. The van der Waals surface area contributed by atoms with Crippen LogP contribution >= 0.6 is 11.8 Å². The summed E-state index contributed by atoms with van der Waals surface area (Å²) in [6.45, 7) is 5.89. The number of aliphatic carboxylic acids is 1. The van der Waals surface area contributed by atoms with Crippen molar-refractivity contribution in [3.63, 3.8) is 0 Å². The fraction of sp³-hybridized carbons (Fsp3) is 0.636. The number of aromatic nitrogens is 3. The Morgan fingerprint density at radius 2 is 1.94 bits per heavy atom. The molecular weight excluding hydrogens is 238 g/mol. The highest BCUT2D eigenvalue weighted by Gasteiger charge is 2.13. The van der Waals surface area contributed by atoms with E-state index in [0.717, 1.165) is 24.2 Å². The Balaban J connectivity index is 2.75. The van der Waals surface area contributed by atoms with Gasteiger partial charge in [-0.1, -0.05) is 32.5 Å². The number of nitrogens with zero attached hydrogens (tertiary/aromatic N) is 3. The third-order valence-electron chi connectivity index (χ3n) is 2.26. The Bertz CT molecular complexity index is 398. The molecule has 0 aliphatic heterocycles. The zero-order valence-corrected chi connectivity index (χ0v) is 11.1. The first kappa shape index (κ1) is 13.9. The van der Waals surface area contributed by atoms with Gasteiger partial charge in [0.1, 0.15) is 0 Å². The highest BCUT2D eigenvalue weighted by molar-refractivity contribution is 7.99. The first-order valence-corrected chi connectivity index (χ1v) is 6.55. The molecule has 0 aliphatic rings. The summed E-state index contributed by atoms with van der Waals surface area (Å²) in [6.07, 6.45) is 1.74. The second-order valence-corrected chi connectivity index (χ2v) is 5.13. The summed E-state index contributed by atoms with van der Waals surface area (Å²) in [6, 6.07) is 0. The molecule has 1 N–H and O–H groups in total. The molecular formula is C11H17N3O2S. The topological polar surface area (TPSA) is 76.0 Å². The number of hydrogen-bond acceptors (Lipinski definition) is 5. The van der Waals surface area contributed by atoms with E-state index in [9.17, 15) is 4.79 Å². The second kappa shape index (κ2) is 6.54. The van der Waals surface area contributed by atoms with Crippen LogP contribution in [0.15, 0.2) is 5.16 Å². The van der Waals surface area contributed by atoms with Gasteiger partial charge in [-0.05, 0) is 12.8 Å². The standard InChI is InChI=1S/C11H17N3O2S/c1-4-8-9(5-2)13-14-11(12-8)17-7(3)6-10(15)16/h7H,4-6H2,1-3H3,(H,15,16). The van der Waals surface area contributed by atoms with Crippen molar-refractivity contribution in [3.05, 3.63) is 11.4 Å². The molecule has 0 fully saturated rings. The van der Waals surface area contributed by atoms with Crippen LogP contribution in [0.4, 0.5) is 0 Å². The van der Waals surface area contributed by atoms with Crippen molar-refractivity contribution in [2.24, 2.45) is 0 Å². The molecule has 1 heterocycles. The predicted octanol–water partition coefficient (Wildman–Crippen LogP) is 1.95. The van der Waals surface area contributed by atoms with Crippen LogP contribution in [0.2, 0.25) is 0 Å². The summed E-state index contributed by atoms with van der Waals surface area (Å²) in [5.74, 6) is -0.807. The van der Waals surface area contributed by atoms with Crippen molar-refractivity contribution >= 4 is 17.7 Å². The first-order chi connectivity index (χ1) is 8.06. The molecule has 0 amide bonds. The van der Waals surface area contributed by atoms with Crippen LogP contribution in [0.3, 0.4) is 0 Å². The molecule has 0 saturated heterocycles. The van der Waals surface area contributed by atoms with Gasteiger partial charge in [0.05, 0.1) is 17.8 Å². The van der Waals surface area contributed by atoms with E-state index < -0.39 is 5.97 Å². The minimum Gasteiger partial charge on any atom is -0.481 e. The molecule has 0 bridgehead atoms. The lowest BCUT2D eigenvalue weighted by Gasteiger charge is -2.08. The third-order valence-corrected chi connectivity index (χ3v) is 3.21. The Hall–Kier alpha value is -1.17. The van der Waals surface area contributed by atoms with Crippen molar-refractivity contribution in [2.75, 3.05) is 0 Å². The summed E-state index contributed by atoms with van der Waals surface area (Å²) in [7, 11) is 0. The fourth-order valence-corrected chi connectivity index (χ4v) is 2.28. The quantitative estimate of drug-likeness (QED) is 0.783. The van der Waals surface area contributed by atoms with E-state index >= 15 is 0 Å². The van der Waals surface area contributed by atoms with E-state index in [1.165, 1.54) is 11.8 Å². The van der Waals surface area contributed by atoms with E-state index in [0.29, 0.717) is 5.16 Å². The summed E-state index contributed by atoms with van der Waals surface area (Å²) in [4.78, 5) is 15.0. The zero-order valence-electron chi connectivity index (χ0n) is 10.3. The van der Waals surface area contributed by atoms with Gasteiger partial charge >= 0.3 is 5.97 Å². The van der Waals surface area contributed by atoms with Crippen LogP contribution in [0.25, 0.3) is 0 Å². The van der Waals surface area contributed by atoms with Crippen LogP contribution in [0, 0.1) is 0 Å². The Labute approximate surface area is 105 Å². The summed E-state index contributed by atoms with van der Waals surface area (Å²) >= 11 is 1.36. The molecule has 17 heavy (non-hydrogen) atoms. The molecule has 1 aromatic heterocycles. The number of hydrogen-bond donors (Lipinski definition) is 1. The second-order valence-electron chi connectivity index (χ2n) is 3.72. The Morgan fingerprint density at radius 1 is 1.29 bits per heavy atom. The molecule has 0 saturated carbocycles. The summed E-state index contributed by atoms with van der Waals surface area (Å²) in [5, 5.41) is 17.3. The predicted molar refractivity (Wildman–Crippen MR) is 66.2 cm³/mol. The molecule has 1 rings (SSSR count). The van der Waals surface area contributed by atoms with Gasteiger partial charge in [-0.3, -0.25) is 4.79 Å². The normalized spacial score (nSPS) is 12.4. The van der Waals surface area contributed by atoms with E-state index in [1.807, 2.05) is 20.8 Å². The lowest BCUT2D eigenvalue weighted by atomic mass is 10.2. The number of aryl methyl sites for hydroxylation is 2. The number of carbonyl (C=O) groups is 1. The molecule has 5 nitrogen and oxygen atoms in total. The van der Waals surface area contributed by atoms with Gasteiger partial charge in [-0.15, -0.1) is 5.10 Å². The number of carboxylic acids is 1. The van der Waals surface area contributed by atoms with E-state index in [-0.39, 0.29) is 11.7 Å². The van der Waals surface area contributed by atoms with Gasteiger partial charge in [0, 0.05) is 5.25 Å². The molecule has 0 aromatic carbocycles. The molecule has 0 radical (unpaired) electrons. The van der Waals surface area contributed by atoms with Crippen LogP contribution in [-0.2, 0) is 17.6 Å². The van der Waals surface area contributed by atoms with Gasteiger partial charge in [0.25, 0.3) is 0 Å². The number of rotatable bonds is 6. The van der Waals surface area contributed by atoms with Gasteiger partial charge < -0.3 is 5.11 Å². The third kappa shape index (κ3) is 4.30. The summed E-state index contributed by atoms with van der Waals surface area (Å²) in [5.41, 5.74) is 1.87. The molecule has 0 aliphatic carbocycles. The van der Waals surface area contributed by atoms with E-state index in [4.69, 9.17) is 5.11 Å². The van der Waals surface area contributed by atoms with Crippen LogP contribution in [0.5, 0.6) is 0 Å². The average Bonchev–Trinajstić information content (AvgIpc) is 2.27. The molecule has 1 aromatic rings. The number of thioether (sulfide) groups is 1. The SMILES string of the molecule is CCc1nnc(SC(C)CC(=O)O)nc1CC. The Kier molecular flexibility index (Phi) is 5.34. The molecule has 1 unspecified atom stereocenters. The average molecular weight is 255 g/mol. The van der Waals surface area contributed by atoms with Gasteiger partial charge in [0.15, 0.2) is 0 Å². The van der Waals surface area contributed by atoms with Crippen LogP contribution in [-0.4, -0.2) is 31.5 Å². The van der Waals surface area contributed by atoms with Gasteiger partial charge in [-0.2, -0.15) is 5.10 Å². The van der Waals surface area contributed by atoms with E-state index in [1.54, 1.807) is 0 Å². The summed E-state index contributed by atoms with van der Waals surface area (Å²) < 4.78 is 0. The minimum atomic E-state index is -0.807. The lowest BCUT2D eigenvalue weighted by molar-refractivity contribution is -0.136. The minimum absolute atomic E-state index is 0.0496. The van der Waals surface area contributed by atoms with E-state index in [2.05, 4.69) is 15.2 Å². The highest BCUT2D eigenvalue weighted by Crippen LogP contribution is 2.21. The number of carboxylic acid groups (broad SMARTS) is 1. The lowest BCUT2D eigenvalue weighted by Crippen LogP contribution is -2.09. The van der Waals surface area contributed by atoms with Gasteiger partial charge in [-0.25, -0.2) is 4.98 Å². The molecule has 0 spiro atoms. The maximum Gasteiger partial charge on any atom is 0.304 e. The van der Waals surface area contributed by atoms with Gasteiger partial charge in [0.2, 0.25) is 5.16 Å².